The Kier molecular flexibility index (Phi) is 6.95. The lowest BCUT2D eigenvalue weighted by molar-refractivity contribution is 0.0939. The molecule has 7 heteroatoms. The highest BCUT2D eigenvalue weighted by Gasteiger charge is 2.12. The van der Waals surface area contributed by atoms with E-state index in [0.717, 1.165) is 0 Å². The van der Waals surface area contributed by atoms with Crippen LogP contribution in [0.15, 0.2) is 12.3 Å². The monoisotopic (exact) mass is 317 g/mol. The molecule has 5 nitrogen and oxygen atoms in total. The predicted molar refractivity (Wildman–Crippen MR) is 83.9 cm³/mol. The zero-order valence-electron chi connectivity index (χ0n) is 11.9. The molecule has 1 aromatic heterocycles. The number of carbonyl (C=O) groups is 1. The molecule has 1 heterocycles. The molecule has 2 unspecified atom stereocenters. The number of halogens is 1. The molecule has 1 rings (SSSR count). The van der Waals surface area contributed by atoms with Crippen LogP contribution in [0.2, 0.25) is 5.02 Å². The van der Waals surface area contributed by atoms with Gasteiger partial charge in [0.2, 0.25) is 0 Å². The zero-order valence-corrected chi connectivity index (χ0v) is 13.5. The number of rotatable bonds is 7. The molecule has 1 aromatic rings. The van der Waals surface area contributed by atoms with Gasteiger partial charge in [0.05, 0.1) is 10.6 Å². The molecule has 0 aromatic carbocycles. The molecule has 0 aliphatic rings. The maximum absolute atomic E-state index is 12.0. The quantitative estimate of drug-likeness (QED) is 0.807. The highest BCUT2D eigenvalue weighted by Crippen LogP contribution is 2.19. The Morgan fingerprint density at radius 2 is 2.25 bits per heavy atom. The van der Waals surface area contributed by atoms with Crippen LogP contribution >= 0.6 is 11.6 Å². The fourth-order valence-corrected chi connectivity index (χ4v) is 2.50. The summed E-state index contributed by atoms with van der Waals surface area (Å²) in [6, 6.07) is 1.55. The molecule has 0 aliphatic carbocycles. The first-order valence-electron chi connectivity index (χ1n) is 6.44. The molecule has 0 radical (unpaired) electrons. The van der Waals surface area contributed by atoms with Crippen molar-refractivity contribution >= 4 is 34.1 Å². The van der Waals surface area contributed by atoms with Crippen LogP contribution in [0.25, 0.3) is 0 Å². The summed E-state index contributed by atoms with van der Waals surface area (Å²) in [5.74, 6) is 0.914. The van der Waals surface area contributed by atoms with Crippen LogP contribution in [0, 0.1) is 0 Å². The second kappa shape index (κ2) is 8.21. The smallest absolute Gasteiger partial charge is 0.253 e. The third-order valence-electron chi connectivity index (χ3n) is 2.66. The van der Waals surface area contributed by atoms with Crippen molar-refractivity contribution in [2.75, 3.05) is 23.9 Å². The van der Waals surface area contributed by atoms with Crippen molar-refractivity contribution in [1.82, 2.24) is 10.3 Å². The van der Waals surface area contributed by atoms with Gasteiger partial charge in [-0.15, -0.1) is 0 Å². The number of aromatic nitrogens is 1. The van der Waals surface area contributed by atoms with Gasteiger partial charge in [0, 0.05) is 41.6 Å². The van der Waals surface area contributed by atoms with Crippen LogP contribution in [-0.2, 0) is 10.8 Å². The molecular weight excluding hydrogens is 298 g/mol. The molecule has 2 N–H and O–H groups in total. The number of hydrogen-bond acceptors (Lipinski definition) is 4. The number of pyridine rings is 1. The SMILES string of the molecule is CCNc1ncc(C(=O)NC(C)CCS(C)=O)cc1Cl. The Labute approximate surface area is 127 Å². The van der Waals surface area contributed by atoms with Gasteiger partial charge in [0.25, 0.3) is 5.91 Å². The summed E-state index contributed by atoms with van der Waals surface area (Å²) in [4.78, 5) is 16.1. The highest BCUT2D eigenvalue weighted by atomic mass is 35.5. The minimum atomic E-state index is -0.848. The fraction of sp³-hybridized carbons (Fsp3) is 0.538. The molecule has 20 heavy (non-hydrogen) atoms. The minimum absolute atomic E-state index is 0.0429. The van der Waals surface area contributed by atoms with E-state index in [1.54, 1.807) is 12.3 Å². The fourth-order valence-electron chi connectivity index (χ4n) is 1.58. The predicted octanol–water partition coefficient (Wildman–Crippen LogP) is 2.05. The van der Waals surface area contributed by atoms with Crippen molar-refractivity contribution in [3.05, 3.63) is 22.8 Å². The van der Waals surface area contributed by atoms with E-state index in [1.807, 2.05) is 13.8 Å². The minimum Gasteiger partial charge on any atom is -0.369 e. The van der Waals surface area contributed by atoms with E-state index in [1.165, 1.54) is 6.20 Å². The second-order valence-electron chi connectivity index (χ2n) is 4.53. The van der Waals surface area contributed by atoms with Crippen molar-refractivity contribution in [1.29, 1.82) is 0 Å². The molecule has 0 saturated heterocycles. The van der Waals surface area contributed by atoms with Crippen molar-refractivity contribution in [2.45, 2.75) is 26.3 Å². The van der Waals surface area contributed by atoms with E-state index >= 15 is 0 Å². The number of nitrogens with one attached hydrogen (secondary N) is 2. The van der Waals surface area contributed by atoms with Crippen LogP contribution in [0.1, 0.15) is 30.6 Å². The molecule has 0 fully saturated rings. The molecule has 0 bridgehead atoms. The Morgan fingerprint density at radius 3 is 2.80 bits per heavy atom. The molecule has 2 atom stereocenters. The van der Waals surface area contributed by atoms with Gasteiger partial charge in [-0.1, -0.05) is 11.6 Å². The van der Waals surface area contributed by atoms with Crippen molar-refractivity contribution < 1.29 is 9.00 Å². The number of amides is 1. The van der Waals surface area contributed by atoms with Crippen LogP contribution in [-0.4, -0.2) is 39.7 Å². The number of hydrogen-bond donors (Lipinski definition) is 2. The van der Waals surface area contributed by atoms with Crippen LogP contribution in [0.3, 0.4) is 0 Å². The summed E-state index contributed by atoms with van der Waals surface area (Å²) in [6.45, 7) is 4.54. The van der Waals surface area contributed by atoms with Gasteiger partial charge < -0.3 is 10.6 Å². The molecule has 1 amide bonds. The van der Waals surface area contributed by atoms with Gasteiger partial charge in [0.15, 0.2) is 0 Å². The molecule has 0 saturated carbocycles. The van der Waals surface area contributed by atoms with Crippen molar-refractivity contribution in [2.24, 2.45) is 0 Å². The maximum Gasteiger partial charge on any atom is 0.253 e. The number of anilines is 1. The van der Waals surface area contributed by atoms with E-state index in [9.17, 15) is 9.00 Å². The summed E-state index contributed by atoms with van der Waals surface area (Å²) in [5.41, 5.74) is 0.418. The zero-order chi connectivity index (χ0) is 15.1. The first-order valence-corrected chi connectivity index (χ1v) is 8.54. The van der Waals surface area contributed by atoms with Gasteiger partial charge in [0.1, 0.15) is 5.82 Å². The molecule has 0 aliphatic heterocycles. The average Bonchev–Trinajstić information content (AvgIpc) is 2.39. The summed E-state index contributed by atoms with van der Waals surface area (Å²) in [6.07, 6.45) is 3.81. The lowest BCUT2D eigenvalue weighted by Crippen LogP contribution is -2.33. The van der Waals surface area contributed by atoms with Crippen LogP contribution in [0.4, 0.5) is 5.82 Å². The van der Waals surface area contributed by atoms with E-state index in [2.05, 4.69) is 15.6 Å². The van der Waals surface area contributed by atoms with Crippen LogP contribution < -0.4 is 10.6 Å². The van der Waals surface area contributed by atoms with Gasteiger partial charge in [-0.2, -0.15) is 0 Å². The topological polar surface area (TPSA) is 71.1 Å². The molecular formula is C13H20ClN3O2S. The third-order valence-corrected chi connectivity index (χ3v) is 3.76. The summed E-state index contributed by atoms with van der Waals surface area (Å²) < 4.78 is 11.0. The number of nitrogens with zero attached hydrogens (tertiary/aromatic N) is 1. The average molecular weight is 318 g/mol. The Balaban J connectivity index is 2.63. The van der Waals surface area contributed by atoms with Crippen LogP contribution in [0.5, 0.6) is 0 Å². The second-order valence-corrected chi connectivity index (χ2v) is 6.49. The molecule has 112 valence electrons. The van der Waals surface area contributed by atoms with E-state index in [0.29, 0.717) is 35.1 Å². The Bertz CT molecular complexity index is 497. The molecule has 0 spiro atoms. The van der Waals surface area contributed by atoms with Gasteiger partial charge >= 0.3 is 0 Å². The van der Waals surface area contributed by atoms with Gasteiger partial charge in [-0.25, -0.2) is 4.98 Å². The number of carbonyl (C=O) groups excluding carboxylic acids is 1. The first kappa shape index (κ1) is 16.9. The standard InChI is InChI=1S/C13H20ClN3O2S/c1-4-15-12-11(14)7-10(8-16-12)13(18)17-9(2)5-6-20(3)19/h7-9H,4-6H2,1-3H3,(H,15,16)(H,17,18). The van der Waals surface area contributed by atoms with Crippen molar-refractivity contribution in [3.8, 4) is 0 Å². The Morgan fingerprint density at radius 1 is 1.55 bits per heavy atom. The summed E-state index contributed by atoms with van der Waals surface area (Å²) in [7, 11) is -0.848. The van der Waals surface area contributed by atoms with E-state index in [-0.39, 0.29) is 11.9 Å². The first-order chi connectivity index (χ1) is 9.43. The van der Waals surface area contributed by atoms with Gasteiger partial charge in [-0.05, 0) is 26.3 Å². The highest BCUT2D eigenvalue weighted by molar-refractivity contribution is 7.84. The summed E-state index contributed by atoms with van der Waals surface area (Å²) in [5, 5.41) is 6.26. The third kappa shape index (κ3) is 5.46. The normalized spacial score (nSPS) is 13.6. The lowest BCUT2D eigenvalue weighted by atomic mass is 10.2. The van der Waals surface area contributed by atoms with Gasteiger partial charge in [-0.3, -0.25) is 9.00 Å². The maximum atomic E-state index is 12.0. The van der Waals surface area contributed by atoms with Crippen molar-refractivity contribution in [3.63, 3.8) is 0 Å². The Hall–Kier alpha value is -1.14. The van der Waals surface area contributed by atoms with E-state index < -0.39 is 10.8 Å². The lowest BCUT2D eigenvalue weighted by Gasteiger charge is -2.13. The van der Waals surface area contributed by atoms with E-state index in [4.69, 9.17) is 11.6 Å². The largest absolute Gasteiger partial charge is 0.369 e. The summed E-state index contributed by atoms with van der Waals surface area (Å²) >= 11 is 6.05.